The van der Waals surface area contributed by atoms with Gasteiger partial charge in [-0.3, -0.25) is 0 Å². The Labute approximate surface area is 134 Å². The highest BCUT2D eigenvalue weighted by atomic mass is 16.3. The van der Waals surface area contributed by atoms with Crippen LogP contribution in [0.15, 0.2) is 83.1 Å². The van der Waals surface area contributed by atoms with Gasteiger partial charge in [0.2, 0.25) is 0 Å². The third-order valence-corrected chi connectivity index (χ3v) is 2.81. The molecule has 2 N–H and O–H groups in total. The van der Waals surface area contributed by atoms with Crippen molar-refractivity contribution < 1.29 is 10.2 Å². The lowest BCUT2D eigenvalue weighted by molar-refractivity contribution is 0.331. The maximum Gasteiger partial charge on any atom is 0.0642 e. The molecule has 0 fully saturated rings. The molecule has 0 atom stereocenters. The summed E-state index contributed by atoms with van der Waals surface area (Å²) < 4.78 is 0. The molecule has 0 saturated carbocycles. The van der Waals surface area contributed by atoms with Crippen LogP contribution in [0.4, 0.5) is 0 Å². The summed E-state index contributed by atoms with van der Waals surface area (Å²) in [6.07, 6.45) is 19.7. The molecule has 0 bridgehead atoms. The average molecular weight is 300 g/mol. The van der Waals surface area contributed by atoms with Crippen molar-refractivity contribution in [2.45, 2.75) is 27.7 Å². The molecule has 0 aliphatic carbocycles. The Hall–Kier alpha value is -1.90. The predicted molar refractivity (Wildman–Crippen MR) is 96.6 cm³/mol. The van der Waals surface area contributed by atoms with Crippen LogP contribution in [0.5, 0.6) is 0 Å². The average Bonchev–Trinajstić information content (AvgIpc) is 2.51. The monoisotopic (exact) mass is 300 g/mol. The second-order valence-electron chi connectivity index (χ2n) is 5.27. The van der Waals surface area contributed by atoms with Crippen LogP contribution in [0.25, 0.3) is 0 Å². The van der Waals surface area contributed by atoms with Crippen LogP contribution >= 0.6 is 0 Å². The first-order chi connectivity index (χ1) is 10.5. The van der Waals surface area contributed by atoms with E-state index in [-0.39, 0.29) is 13.2 Å². The van der Waals surface area contributed by atoms with Crippen molar-refractivity contribution in [3.05, 3.63) is 83.1 Å². The lowest BCUT2D eigenvalue weighted by Gasteiger charge is -1.91. The lowest BCUT2D eigenvalue weighted by Crippen LogP contribution is -1.81. The normalized spacial score (nSPS) is 15.7. The summed E-state index contributed by atoms with van der Waals surface area (Å²) >= 11 is 0. The highest BCUT2D eigenvalue weighted by molar-refractivity contribution is 5.29. The first-order valence-corrected chi connectivity index (χ1v) is 7.40. The zero-order chi connectivity index (χ0) is 16.8. The van der Waals surface area contributed by atoms with E-state index in [2.05, 4.69) is 0 Å². The van der Waals surface area contributed by atoms with Crippen molar-refractivity contribution in [1.29, 1.82) is 0 Å². The van der Waals surface area contributed by atoms with E-state index in [1.54, 1.807) is 0 Å². The molecule has 0 aromatic rings. The highest BCUT2D eigenvalue weighted by Gasteiger charge is 1.82. The quantitative estimate of drug-likeness (QED) is 0.651. The Kier molecular flexibility index (Phi) is 11.7. The molecule has 22 heavy (non-hydrogen) atoms. The fraction of sp³-hybridized carbons (Fsp3) is 0.300. The summed E-state index contributed by atoms with van der Waals surface area (Å²) in [4.78, 5) is 0. The maximum atomic E-state index is 8.88. The van der Waals surface area contributed by atoms with Gasteiger partial charge in [0, 0.05) is 0 Å². The van der Waals surface area contributed by atoms with E-state index < -0.39 is 0 Å². The van der Waals surface area contributed by atoms with Gasteiger partial charge in [-0.15, -0.1) is 0 Å². The fourth-order valence-electron chi connectivity index (χ4n) is 1.36. The second kappa shape index (κ2) is 12.8. The zero-order valence-electron chi connectivity index (χ0n) is 14.1. The Morgan fingerprint density at radius 2 is 0.955 bits per heavy atom. The van der Waals surface area contributed by atoms with E-state index in [9.17, 15) is 0 Å². The molecule has 0 unspecified atom stereocenters. The van der Waals surface area contributed by atoms with Crippen LogP contribution in [0.1, 0.15) is 27.7 Å². The number of aliphatic hydroxyl groups excluding tert-OH is 2. The number of aliphatic hydroxyl groups is 2. The van der Waals surface area contributed by atoms with Gasteiger partial charge in [-0.2, -0.15) is 0 Å². The third-order valence-electron chi connectivity index (χ3n) is 2.81. The molecule has 2 nitrogen and oxygen atoms in total. The van der Waals surface area contributed by atoms with Gasteiger partial charge in [0.15, 0.2) is 0 Å². The van der Waals surface area contributed by atoms with Gasteiger partial charge in [-0.1, -0.05) is 71.9 Å². The largest absolute Gasteiger partial charge is 0.392 e. The molecular weight excluding hydrogens is 272 g/mol. The molecule has 0 rings (SSSR count). The van der Waals surface area contributed by atoms with Crippen LogP contribution in [-0.4, -0.2) is 23.4 Å². The molecule has 0 aromatic carbocycles. The van der Waals surface area contributed by atoms with Gasteiger partial charge >= 0.3 is 0 Å². The molecule has 0 aliphatic heterocycles. The minimum Gasteiger partial charge on any atom is -0.392 e. The highest BCUT2D eigenvalue weighted by Crippen LogP contribution is 2.00. The number of rotatable bonds is 8. The van der Waals surface area contributed by atoms with Gasteiger partial charge in [0.25, 0.3) is 0 Å². The van der Waals surface area contributed by atoms with E-state index in [0.717, 1.165) is 22.3 Å². The lowest BCUT2D eigenvalue weighted by atomic mass is 10.2. The molecule has 0 aromatic heterocycles. The summed E-state index contributed by atoms with van der Waals surface area (Å²) in [5.41, 5.74) is 4.16. The molecule has 0 aliphatic rings. The Morgan fingerprint density at radius 3 is 1.27 bits per heavy atom. The summed E-state index contributed by atoms with van der Waals surface area (Å²) in [5, 5.41) is 17.8. The maximum absolute atomic E-state index is 8.88. The summed E-state index contributed by atoms with van der Waals surface area (Å²) in [5.74, 6) is 0. The van der Waals surface area contributed by atoms with Crippen LogP contribution < -0.4 is 0 Å². The molecule has 0 amide bonds. The SMILES string of the molecule is CC(C=CC=C(C)CO)=CC=CC=C(C)C=CC=C(C)CO. The molecule has 0 saturated heterocycles. The Morgan fingerprint density at radius 1 is 0.591 bits per heavy atom. The molecule has 0 radical (unpaired) electrons. The fourth-order valence-corrected chi connectivity index (χ4v) is 1.36. The Balaban J connectivity index is 4.47. The van der Waals surface area contributed by atoms with E-state index in [0.29, 0.717) is 0 Å². The molecular formula is C20H28O2. The minimum atomic E-state index is 0.0949. The van der Waals surface area contributed by atoms with Gasteiger partial charge < -0.3 is 10.2 Å². The second-order valence-corrected chi connectivity index (χ2v) is 5.27. The van der Waals surface area contributed by atoms with E-state index >= 15 is 0 Å². The molecule has 2 heteroatoms. The topological polar surface area (TPSA) is 40.5 Å². The van der Waals surface area contributed by atoms with Crippen molar-refractivity contribution in [3.8, 4) is 0 Å². The van der Waals surface area contributed by atoms with E-state index in [1.807, 2.05) is 88.5 Å². The molecule has 0 spiro atoms. The Bertz CT molecular complexity index is 476. The van der Waals surface area contributed by atoms with Crippen molar-refractivity contribution in [3.63, 3.8) is 0 Å². The zero-order valence-corrected chi connectivity index (χ0v) is 14.1. The van der Waals surface area contributed by atoms with Crippen LogP contribution in [0.3, 0.4) is 0 Å². The standard InChI is InChI=1S/C20H28O2/c1-17(11-7-13-19(3)15-21)9-5-6-10-18(2)12-8-14-20(4)16-22/h5-14,21-22H,15-16H2,1-4H3. The summed E-state index contributed by atoms with van der Waals surface area (Å²) in [6.45, 7) is 8.03. The van der Waals surface area contributed by atoms with Gasteiger partial charge in [-0.25, -0.2) is 0 Å². The van der Waals surface area contributed by atoms with Crippen LogP contribution in [0, 0.1) is 0 Å². The van der Waals surface area contributed by atoms with Crippen molar-refractivity contribution in [2.75, 3.05) is 13.2 Å². The van der Waals surface area contributed by atoms with Crippen molar-refractivity contribution in [1.82, 2.24) is 0 Å². The van der Waals surface area contributed by atoms with Crippen molar-refractivity contribution in [2.24, 2.45) is 0 Å². The smallest absolute Gasteiger partial charge is 0.0642 e. The summed E-state index contributed by atoms with van der Waals surface area (Å²) in [7, 11) is 0. The third kappa shape index (κ3) is 11.9. The van der Waals surface area contributed by atoms with Crippen LogP contribution in [0.2, 0.25) is 0 Å². The first kappa shape index (κ1) is 20.1. The van der Waals surface area contributed by atoms with Crippen molar-refractivity contribution >= 4 is 0 Å². The van der Waals surface area contributed by atoms with Gasteiger partial charge in [0.05, 0.1) is 13.2 Å². The number of hydrogen-bond donors (Lipinski definition) is 2. The summed E-state index contributed by atoms with van der Waals surface area (Å²) in [6, 6.07) is 0. The number of allylic oxidation sites excluding steroid dienone is 12. The minimum absolute atomic E-state index is 0.0949. The van der Waals surface area contributed by atoms with E-state index in [4.69, 9.17) is 10.2 Å². The predicted octanol–water partition coefficient (Wildman–Crippen LogP) is 4.42. The first-order valence-electron chi connectivity index (χ1n) is 7.40. The van der Waals surface area contributed by atoms with Gasteiger partial charge in [-0.05, 0) is 38.8 Å². The van der Waals surface area contributed by atoms with Crippen LogP contribution in [-0.2, 0) is 0 Å². The molecule has 0 heterocycles. The van der Waals surface area contributed by atoms with Gasteiger partial charge in [0.1, 0.15) is 0 Å². The number of hydrogen-bond acceptors (Lipinski definition) is 2. The molecule has 120 valence electrons. The van der Waals surface area contributed by atoms with E-state index in [1.165, 1.54) is 0 Å².